The van der Waals surface area contributed by atoms with Gasteiger partial charge in [-0.15, -0.1) is 0 Å². The largest absolute Gasteiger partial charge is 0.513 e. The van der Waals surface area contributed by atoms with Crippen LogP contribution in [0.1, 0.15) is 24.8 Å². The number of carbonyl (C=O) groups is 2. The molecule has 1 aliphatic rings. The van der Waals surface area contributed by atoms with E-state index in [-0.39, 0.29) is 24.5 Å². The van der Waals surface area contributed by atoms with Gasteiger partial charge in [0.15, 0.2) is 0 Å². The number of carbonyl (C=O) groups excluding carboxylic acids is 1. The number of aliphatic hydroxyl groups excluding tert-OH is 1. The molecule has 0 saturated carbocycles. The first kappa shape index (κ1) is 19.5. The van der Waals surface area contributed by atoms with Crippen LogP contribution in [0.4, 0.5) is 0 Å². The van der Waals surface area contributed by atoms with Crippen LogP contribution in [0.5, 0.6) is 0 Å². The summed E-state index contributed by atoms with van der Waals surface area (Å²) in [7, 11) is 5.78. The molecule has 142 valence electrons. The van der Waals surface area contributed by atoms with E-state index >= 15 is 0 Å². The van der Waals surface area contributed by atoms with E-state index in [1.807, 2.05) is 35.0 Å². The van der Waals surface area contributed by atoms with Crippen molar-refractivity contribution in [3.8, 4) is 0 Å². The molecule has 2 radical (unpaired) electrons. The number of carboxylic acid groups (broad SMARTS) is 1. The zero-order chi connectivity index (χ0) is 20.3. The van der Waals surface area contributed by atoms with Gasteiger partial charge in [-0.3, -0.25) is 9.59 Å². The van der Waals surface area contributed by atoms with Crippen LogP contribution in [0.3, 0.4) is 0 Å². The van der Waals surface area contributed by atoms with Crippen molar-refractivity contribution >= 4 is 36.3 Å². The van der Waals surface area contributed by atoms with Crippen LogP contribution in [0.2, 0.25) is 5.82 Å². The van der Waals surface area contributed by atoms with Gasteiger partial charge in [-0.2, -0.15) is 0 Å². The standard InChI is InChI=1S/C21H21BN2O4/c1-13(23-21(28)14-7-8-19(25)17(22)12-14)15-4-2-5-18-16(15)9-11-24(18)10-3-6-20(26)27/h2,4-5,7-9,11,17,25H,1,3,6,10,12H2,(H,23,28)(H,26,27). The van der Waals surface area contributed by atoms with Crippen molar-refractivity contribution in [2.45, 2.75) is 31.6 Å². The number of aromatic nitrogens is 1. The number of allylic oxidation sites excluding steroid dienone is 3. The lowest BCUT2D eigenvalue weighted by molar-refractivity contribution is -0.137. The van der Waals surface area contributed by atoms with E-state index in [4.69, 9.17) is 13.0 Å². The molecule has 7 heteroatoms. The number of rotatable bonds is 7. The fourth-order valence-corrected chi connectivity index (χ4v) is 3.25. The van der Waals surface area contributed by atoms with Crippen LogP contribution < -0.4 is 5.32 Å². The van der Waals surface area contributed by atoms with E-state index in [0.29, 0.717) is 24.2 Å². The van der Waals surface area contributed by atoms with E-state index in [0.717, 1.165) is 16.5 Å². The summed E-state index contributed by atoms with van der Waals surface area (Å²) in [5, 5.41) is 22.1. The third kappa shape index (κ3) is 4.19. The minimum atomic E-state index is -0.812. The van der Waals surface area contributed by atoms with Crippen LogP contribution in [-0.2, 0) is 16.1 Å². The van der Waals surface area contributed by atoms with Crippen LogP contribution in [-0.4, -0.2) is 34.5 Å². The second kappa shape index (κ2) is 8.21. The Balaban J connectivity index is 1.76. The van der Waals surface area contributed by atoms with Gasteiger partial charge in [0.25, 0.3) is 5.91 Å². The van der Waals surface area contributed by atoms with Crippen LogP contribution in [0, 0.1) is 0 Å². The van der Waals surface area contributed by atoms with Crippen LogP contribution >= 0.6 is 0 Å². The summed E-state index contributed by atoms with van der Waals surface area (Å²) in [6, 6.07) is 7.63. The Hall–Kier alpha value is -3.22. The van der Waals surface area contributed by atoms with E-state index < -0.39 is 11.8 Å². The fourth-order valence-electron chi connectivity index (χ4n) is 3.25. The molecule has 3 N–H and O–H groups in total. The van der Waals surface area contributed by atoms with Gasteiger partial charge in [-0.25, -0.2) is 0 Å². The Kier molecular flexibility index (Phi) is 5.73. The highest BCUT2D eigenvalue weighted by molar-refractivity contribution is 6.14. The first-order valence-corrected chi connectivity index (χ1v) is 9.02. The van der Waals surface area contributed by atoms with Crippen LogP contribution in [0.15, 0.2) is 60.5 Å². The lowest BCUT2D eigenvalue weighted by atomic mass is 9.77. The summed E-state index contributed by atoms with van der Waals surface area (Å²) in [5.41, 5.74) is 2.68. The summed E-state index contributed by atoms with van der Waals surface area (Å²) >= 11 is 0. The summed E-state index contributed by atoms with van der Waals surface area (Å²) in [5.74, 6) is -1.64. The average Bonchev–Trinajstić information content (AvgIpc) is 3.06. The molecular weight excluding hydrogens is 355 g/mol. The zero-order valence-electron chi connectivity index (χ0n) is 15.4. The van der Waals surface area contributed by atoms with Crippen molar-refractivity contribution in [2.75, 3.05) is 0 Å². The molecule has 1 aliphatic carbocycles. The molecule has 0 spiro atoms. The van der Waals surface area contributed by atoms with Gasteiger partial charge in [0, 0.05) is 46.9 Å². The van der Waals surface area contributed by atoms with Crippen LogP contribution in [0.25, 0.3) is 16.6 Å². The van der Waals surface area contributed by atoms with Crippen molar-refractivity contribution < 1.29 is 19.8 Å². The molecule has 6 nitrogen and oxygen atoms in total. The van der Waals surface area contributed by atoms with Gasteiger partial charge in [-0.1, -0.05) is 24.8 Å². The Bertz CT molecular complexity index is 1000. The first-order chi connectivity index (χ1) is 13.4. The number of aliphatic carboxylic acids is 1. The topological polar surface area (TPSA) is 91.6 Å². The summed E-state index contributed by atoms with van der Waals surface area (Å²) in [6.07, 6.45) is 5.80. The Labute approximate surface area is 164 Å². The number of nitrogens with one attached hydrogen (secondary N) is 1. The Morgan fingerprint density at radius 3 is 2.79 bits per heavy atom. The van der Waals surface area contributed by atoms with Crippen molar-refractivity contribution in [2.24, 2.45) is 0 Å². The first-order valence-electron chi connectivity index (χ1n) is 9.02. The predicted octanol–water partition coefficient (Wildman–Crippen LogP) is 3.32. The molecular formula is C21H21BN2O4. The lowest BCUT2D eigenvalue weighted by Crippen LogP contribution is -2.25. The van der Waals surface area contributed by atoms with E-state index in [9.17, 15) is 14.7 Å². The summed E-state index contributed by atoms with van der Waals surface area (Å²) in [4.78, 5) is 23.2. The van der Waals surface area contributed by atoms with Crippen molar-refractivity contribution in [3.05, 3.63) is 66.1 Å². The number of aliphatic hydroxyl groups is 1. The second-order valence-corrected chi connectivity index (χ2v) is 6.77. The molecule has 0 aliphatic heterocycles. The Morgan fingerprint density at radius 2 is 2.07 bits per heavy atom. The minimum absolute atomic E-state index is 0.0596. The molecule has 28 heavy (non-hydrogen) atoms. The molecule has 1 aromatic carbocycles. The fraction of sp³-hybridized carbons (Fsp3) is 0.238. The van der Waals surface area contributed by atoms with Gasteiger partial charge in [0.05, 0.1) is 13.6 Å². The molecule has 2 aromatic rings. The third-order valence-corrected chi connectivity index (χ3v) is 4.76. The molecule has 1 heterocycles. The summed E-state index contributed by atoms with van der Waals surface area (Å²) in [6.45, 7) is 4.59. The second-order valence-electron chi connectivity index (χ2n) is 6.77. The molecule has 0 saturated heterocycles. The highest BCUT2D eigenvalue weighted by Crippen LogP contribution is 2.28. The van der Waals surface area contributed by atoms with Gasteiger partial charge < -0.3 is 20.1 Å². The molecule has 1 atom stereocenters. The molecule has 0 bridgehead atoms. The molecule has 1 aromatic heterocycles. The SMILES string of the molecule is [B]C1CC(C(=O)NC(=C)c2cccc3c2ccn3CCCC(=O)O)=CC=C1O. The third-order valence-electron chi connectivity index (χ3n) is 4.76. The maximum Gasteiger partial charge on any atom is 0.303 e. The normalized spacial score (nSPS) is 16.4. The number of amides is 1. The molecule has 1 amide bonds. The maximum absolute atomic E-state index is 12.5. The van der Waals surface area contributed by atoms with Gasteiger partial charge in [-0.05, 0) is 36.9 Å². The molecule has 0 fully saturated rings. The zero-order valence-corrected chi connectivity index (χ0v) is 15.4. The summed E-state index contributed by atoms with van der Waals surface area (Å²) < 4.78 is 1.99. The highest BCUT2D eigenvalue weighted by Gasteiger charge is 2.20. The number of aryl methyl sites for hydroxylation is 1. The number of fused-ring (bicyclic) bond motifs is 1. The lowest BCUT2D eigenvalue weighted by Gasteiger charge is -2.18. The molecule has 1 unspecified atom stereocenters. The number of hydrogen-bond acceptors (Lipinski definition) is 3. The highest BCUT2D eigenvalue weighted by atomic mass is 16.4. The minimum Gasteiger partial charge on any atom is -0.513 e. The average molecular weight is 376 g/mol. The van der Waals surface area contributed by atoms with E-state index in [2.05, 4.69) is 11.9 Å². The van der Waals surface area contributed by atoms with Crippen molar-refractivity contribution in [1.82, 2.24) is 9.88 Å². The quantitative estimate of drug-likeness (QED) is 0.647. The van der Waals surface area contributed by atoms with Crippen molar-refractivity contribution in [3.63, 3.8) is 0 Å². The van der Waals surface area contributed by atoms with Crippen molar-refractivity contribution in [1.29, 1.82) is 0 Å². The molecule has 3 rings (SSSR count). The van der Waals surface area contributed by atoms with E-state index in [1.54, 1.807) is 6.08 Å². The van der Waals surface area contributed by atoms with E-state index in [1.165, 1.54) is 6.08 Å². The monoisotopic (exact) mass is 376 g/mol. The number of hydrogen-bond donors (Lipinski definition) is 3. The number of nitrogens with zero attached hydrogens (tertiary/aromatic N) is 1. The Morgan fingerprint density at radius 1 is 1.29 bits per heavy atom. The number of carboxylic acids is 1. The maximum atomic E-state index is 12.5. The predicted molar refractivity (Wildman–Crippen MR) is 109 cm³/mol. The number of benzene rings is 1. The van der Waals surface area contributed by atoms with Gasteiger partial charge in [0.2, 0.25) is 0 Å². The van der Waals surface area contributed by atoms with Gasteiger partial charge >= 0.3 is 5.97 Å². The van der Waals surface area contributed by atoms with Gasteiger partial charge in [0.1, 0.15) is 0 Å². The smallest absolute Gasteiger partial charge is 0.303 e.